The Kier molecular flexibility index (Phi) is 8.77. The number of allylic oxidation sites excluding steroid dienone is 6. The van der Waals surface area contributed by atoms with Crippen LogP contribution < -0.4 is 0 Å². The van der Waals surface area contributed by atoms with Crippen LogP contribution in [0.5, 0.6) is 0 Å². The Balaban J connectivity index is 0.000000302. The molecule has 0 aromatic heterocycles. The second kappa shape index (κ2) is 9.65. The SMILES string of the molecule is C\C=C/C(C)=C\C=C\C.Cc1ccc(C)cc1. The van der Waals surface area contributed by atoms with Crippen LogP contribution in [-0.2, 0) is 0 Å². The lowest BCUT2D eigenvalue weighted by molar-refractivity contribution is 1.40. The van der Waals surface area contributed by atoms with Gasteiger partial charge < -0.3 is 0 Å². The molecule has 0 aliphatic heterocycles. The van der Waals surface area contributed by atoms with Crippen molar-refractivity contribution in [3.05, 3.63) is 71.3 Å². The molecular formula is C17H24. The molecule has 1 rings (SSSR count). The van der Waals surface area contributed by atoms with Crippen molar-refractivity contribution in [2.45, 2.75) is 34.6 Å². The van der Waals surface area contributed by atoms with E-state index in [1.54, 1.807) is 0 Å². The van der Waals surface area contributed by atoms with Gasteiger partial charge in [0, 0.05) is 0 Å². The molecule has 0 aliphatic rings. The lowest BCUT2D eigenvalue weighted by Gasteiger charge is -1.90. The summed E-state index contributed by atoms with van der Waals surface area (Å²) in [6, 6.07) is 8.48. The van der Waals surface area contributed by atoms with Crippen LogP contribution in [0.3, 0.4) is 0 Å². The second-order valence-corrected chi connectivity index (χ2v) is 4.09. The van der Waals surface area contributed by atoms with Crippen molar-refractivity contribution in [3.63, 3.8) is 0 Å². The van der Waals surface area contributed by atoms with Crippen molar-refractivity contribution < 1.29 is 0 Å². The van der Waals surface area contributed by atoms with Gasteiger partial charge in [-0.3, -0.25) is 0 Å². The largest absolute Gasteiger partial charge is 0.0877 e. The zero-order valence-corrected chi connectivity index (χ0v) is 11.7. The zero-order chi connectivity index (χ0) is 13.1. The van der Waals surface area contributed by atoms with Gasteiger partial charge in [0.1, 0.15) is 0 Å². The molecule has 0 N–H and O–H groups in total. The summed E-state index contributed by atoms with van der Waals surface area (Å²) in [5.74, 6) is 0. The predicted molar refractivity (Wildman–Crippen MR) is 79.3 cm³/mol. The van der Waals surface area contributed by atoms with Crippen LogP contribution in [0, 0.1) is 13.8 Å². The third-order valence-electron chi connectivity index (χ3n) is 2.20. The highest BCUT2D eigenvalue weighted by atomic mass is 13.9. The highest BCUT2D eigenvalue weighted by molar-refractivity contribution is 5.20. The molecule has 17 heavy (non-hydrogen) atoms. The van der Waals surface area contributed by atoms with Gasteiger partial charge in [0.25, 0.3) is 0 Å². The summed E-state index contributed by atoms with van der Waals surface area (Å²) in [6.07, 6.45) is 10.3. The molecule has 0 unspecified atom stereocenters. The first kappa shape index (κ1) is 15.4. The summed E-state index contributed by atoms with van der Waals surface area (Å²) >= 11 is 0. The summed E-state index contributed by atoms with van der Waals surface area (Å²) in [7, 11) is 0. The number of rotatable bonds is 2. The lowest BCUT2D eigenvalue weighted by atomic mass is 10.2. The van der Waals surface area contributed by atoms with Crippen molar-refractivity contribution in [1.29, 1.82) is 0 Å². The Morgan fingerprint density at radius 3 is 1.71 bits per heavy atom. The van der Waals surface area contributed by atoms with E-state index in [9.17, 15) is 0 Å². The average molecular weight is 228 g/mol. The first-order valence-electron chi connectivity index (χ1n) is 6.05. The lowest BCUT2D eigenvalue weighted by Crippen LogP contribution is -1.70. The zero-order valence-electron chi connectivity index (χ0n) is 11.7. The Morgan fingerprint density at radius 1 is 0.882 bits per heavy atom. The van der Waals surface area contributed by atoms with Crippen LogP contribution >= 0.6 is 0 Å². The fourth-order valence-corrected chi connectivity index (χ4v) is 1.20. The van der Waals surface area contributed by atoms with E-state index in [-0.39, 0.29) is 0 Å². The number of hydrogen-bond donors (Lipinski definition) is 0. The number of benzene rings is 1. The van der Waals surface area contributed by atoms with Crippen LogP contribution in [0.2, 0.25) is 0 Å². The van der Waals surface area contributed by atoms with E-state index >= 15 is 0 Å². The molecule has 0 heterocycles. The van der Waals surface area contributed by atoms with Crippen LogP contribution in [0.4, 0.5) is 0 Å². The highest BCUT2D eigenvalue weighted by Gasteiger charge is 1.79. The minimum Gasteiger partial charge on any atom is -0.0877 e. The summed E-state index contributed by atoms with van der Waals surface area (Å²) < 4.78 is 0. The fourth-order valence-electron chi connectivity index (χ4n) is 1.20. The van der Waals surface area contributed by atoms with E-state index in [0.717, 1.165) is 0 Å². The second-order valence-electron chi connectivity index (χ2n) is 4.09. The molecule has 92 valence electrons. The number of hydrogen-bond acceptors (Lipinski definition) is 0. The van der Waals surface area contributed by atoms with Gasteiger partial charge in [0.15, 0.2) is 0 Å². The average Bonchev–Trinajstić information content (AvgIpc) is 2.32. The smallest absolute Gasteiger partial charge is 0.0398 e. The van der Waals surface area contributed by atoms with Crippen LogP contribution in [0.25, 0.3) is 0 Å². The monoisotopic (exact) mass is 228 g/mol. The fraction of sp³-hybridized carbons (Fsp3) is 0.294. The topological polar surface area (TPSA) is 0 Å². The maximum atomic E-state index is 2.12. The minimum absolute atomic E-state index is 1.29. The molecular weight excluding hydrogens is 204 g/mol. The van der Waals surface area contributed by atoms with Crippen molar-refractivity contribution in [1.82, 2.24) is 0 Å². The normalized spacial score (nSPS) is 11.7. The summed E-state index contributed by atoms with van der Waals surface area (Å²) in [5, 5.41) is 0. The van der Waals surface area contributed by atoms with Crippen molar-refractivity contribution in [2.24, 2.45) is 0 Å². The molecule has 0 spiro atoms. The maximum Gasteiger partial charge on any atom is -0.0398 e. The van der Waals surface area contributed by atoms with E-state index in [4.69, 9.17) is 0 Å². The molecule has 0 bridgehead atoms. The van der Waals surface area contributed by atoms with E-state index < -0.39 is 0 Å². The van der Waals surface area contributed by atoms with Gasteiger partial charge in [0.05, 0.1) is 0 Å². The standard InChI is InChI=1S/C9H14.C8H10/c1-4-6-8-9(3)7-5-2;1-7-3-5-8(2)6-4-7/h4-8H,1-3H3;3-6H,1-2H3/b6-4+,7-5-,9-8-;. The molecule has 0 saturated heterocycles. The number of aryl methyl sites for hydroxylation is 2. The molecule has 0 fully saturated rings. The molecule has 0 heteroatoms. The summed E-state index contributed by atoms with van der Waals surface area (Å²) in [4.78, 5) is 0. The van der Waals surface area contributed by atoms with Gasteiger partial charge in [-0.15, -0.1) is 0 Å². The summed E-state index contributed by atoms with van der Waals surface area (Å²) in [5.41, 5.74) is 3.95. The van der Waals surface area contributed by atoms with E-state index in [1.165, 1.54) is 16.7 Å². The third kappa shape index (κ3) is 9.37. The molecule has 1 aromatic rings. The van der Waals surface area contributed by atoms with Crippen molar-refractivity contribution in [3.8, 4) is 0 Å². The van der Waals surface area contributed by atoms with Gasteiger partial charge in [-0.05, 0) is 34.6 Å². The maximum absolute atomic E-state index is 2.12. The predicted octanol–water partition coefficient (Wildman–Crippen LogP) is 5.39. The van der Waals surface area contributed by atoms with Gasteiger partial charge in [0.2, 0.25) is 0 Å². The van der Waals surface area contributed by atoms with Gasteiger partial charge in [-0.1, -0.05) is 71.3 Å². The highest BCUT2D eigenvalue weighted by Crippen LogP contribution is 1.99. The van der Waals surface area contributed by atoms with E-state index in [1.807, 2.05) is 32.1 Å². The Bertz CT molecular complexity index is 354. The minimum atomic E-state index is 1.29. The van der Waals surface area contributed by atoms with E-state index in [2.05, 4.69) is 57.2 Å². The molecule has 0 saturated carbocycles. The molecule has 1 aromatic carbocycles. The Hall–Kier alpha value is -1.56. The molecule has 0 nitrogen and oxygen atoms in total. The molecule has 0 amide bonds. The molecule has 0 aliphatic carbocycles. The van der Waals surface area contributed by atoms with E-state index in [0.29, 0.717) is 0 Å². The first-order chi connectivity index (χ1) is 8.10. The van der Waals surface area contributed by atoms with Crippen LogP contribution in [0.15, 0.2) is 60.2 Å². The quantitative estimate of drug-likeness (QED) is 0.595. The van der Waals surface area contributed by atoms with Crippen LogP contribution in [-0.4, -0.2) is 0 Å². The first-order valence-corrected chi connectivity index (χ1v) is 6.05. The Labute approximate surface area is 106 Å². The molecule has 0 radical (unpaired) electrons. The van der Waals surface area contributed by atoms with Gasteiger partial charge in [-0.25, -0.2) is 0 Å². The third-order valence-corrected chi connectivity index (χ3v) is 2.20. The van der Waals surface area contributed by atoms with Gasteiger partial charge in [-0.2, -0.15) is 0 Å². The van der Waals surface area contributed by atoms with Crippen molar-refractivity contribution >= 4 is 0 Å². The van der Waals surface area contributed by atoms with Crippen molar-refractivity contribution in [2.75, 3.05) is 0 Å². The van der Waals surface area contributed by atoms with Crippen LogP contribution in [0.1, 0.15) is 31.9 Å². The van der Waals surface area contributed by atoms with Gasteiger partial charge >= 0.3 is 0 Å². The summed E-state index contributed by atoms with van der Waals surface area (Å²) in [6.45, 7) is 10.3. The molecule has 0 atom stereocenters. The Morgan fingerprint density at radius 2 is 1.35 bits per heavy atom.